The number of aromatic nitrogens is 3. The molecule has 15 heavy (non-hydrogen) atoms. The number of nitrogens with zero attached hydrogens (tertiary/aromatic N) is 3. The van der Waals surface area contributed by atoms with E-state index < -0.39 is 0 Å². The van der Waals surface area contributed by atoms with Crippen molar-refractivity contribution in [1.29, 1.82) is 0 Å². The molecule has 2 aromatic heterocycles. The monoisotopic (exact) mass is 202 g/mol. The van der Waals surface area contributed by atoms with Gasteiger partial charge in [0, 0.05) is 18.0 Å². The van der Waals surface area contributed by atoms with Gasteiger partial charge in [0.2, 0.25) is 5.95 Å². The first-order chi connectivity index (χ1) is 7.31. The van der Waals surface area contributed by atoms with Gasteiger partial charge in [-0.2, -0.15) is 0 Å². The number of nitrogen functional groups attached to an aromatic ring is 1. The van der Waals surface area contributed by atoms with Gasteiger partial charge in [0.1, 0.15) is 5.75 Å². The Morgan fingerprint density at radius 3 is 2.87 bits per heavy atom. The van der Waals surface area contributed by atoms with Gasteiger partial charge in [-0.05, 0) is 12.1 Å². The van der Waals surface area contributed by atoms with Gasteiger partial charge in [0.15, 0.2) is 0 Å². The number of hydrogen-bond donors (Lipinski definition) is 1. The lowest BCUT2D eigenvalue weighted by Gasteiger charge is -2.06. The van der Waals surface area contributed by atoms with Crippen LogP contribution in [0.5, 0.6) is 5.75 Å². The Morgan fingerprint density at radius 1 is 1.27 bits per heavy atom. The molecule has 0 radical (unpaired) electrons. The smallest absolute Gasteiger partial charge is 0.220 e. The van der Waals surface area contributed by atoms with E-state index in [9.17, 15) is 0 Å². The molecule has 0 aromatic carbocycles. The first-order valence-corrected chi connectivity index (χ1v) is 4.38. The van der Waals surface area contributed by atoms with Crippen molar-refractivity contribution in [3.63, 3.8) is 0 Å². The van der Waals surface area contributed by atoms with E-state index in [0.717, 1.165) is 11.3 Å². The second kappa shape index (κ2) is 3.91. The van der Waals surface area contributed by atoms with Gasteiger partial charge in [0.05, 0.1) is 19.0 Å². The summed E-state index contributed by atoms with van der Waals surface area (Å²) in [5.74, 6) is 0.905. The molecular formula is C10H10N4O. The molecule has 0 aliphatic heterocycles. The topological polar surface area (TPSA) is 73.9 Å². The SMILES string of the molecule is COc1cnccc1-c1ccnc(N)n1. The van der Waals surface area contributed by atoms with Crippen molar-refractivity contribution < 1.29 is 4.74 Å². The Morgan fingerprint density at radius 2 is 2.13 bits per heavy atom. The molecule has 2 heterocycles. The standard InChI is InChI=1S/C10H10N4O/c1-15-9-6-12-4-2-7(9)8-3-5-13-10(11)14-8/h2-6H,1H3,(H2,11,13,14). The van der Waals surface area contributed by atoms with Gasteiger partial charge in [-0.1, -0.05) is 0 Å². The lowest BCUT2D eigenvalue weighted by atomic mass is 10.2. The third kappa shape index (κ3) is 1.85. The minimum Gasteiger partial charge on any atom is -0.494 e. The van der Waals surface area contributed by atoms with Crippen molar-refractivity contribution in [2.45, 2.75) is 0 Å². The lowest BCUT2D eigenvalue weighted by Crippen LogP contribution is -1.96. The zero-order valence-electron chi connectivity index (χ0n) is 8.21. The zero-order chi connectivity index (χ0) is 10.7. The highest BCUT2D eigenvalue weighted by Crippen LogP contribution is 2.26. The Hall–Kier alpha value is -2.17. The number of rotatable bonds is 2. The highest BCUT2D eigenvalue weighted by Gasteiger charge is 2.06. The van der Waals surface area contributed by atoms with Crippen LogP contribution in [0.1, 0.15) is 0 Å². The average molecular weight is 202 g/mol. The van der Waals surface area contributed by atoms with E-state index in [1.807, 2.05) is 6.07 Å². The maximum atomic E-state index is 5.51. The van der Waals surface area contributed by atoms with E-state index in [-0.39, 0.29) is 5.95 Å². The molecule has 0 bridgehead atoms. The van der Waals surface area contributed by atoms with Crippen LogP contribution in [0.15, 0.2) is 30.7 Å². The summed E-state index contributed by atoms with van der Waals surface area (Å²) in [6.45, 7) is 0. The molecule has 0 amide bonds. The predicted octanol–water partition coefficient (Wildman–Crippen LogP) is 1.13. The summed E-state index contributed by atoms with van der Waals surface area (Å²) >= 11 is 0. The van der Waals surface area contributed by atoms with Gasteiger partial charge in [0.25, 0.3) is 0 Å². The summed E-state index contributed by atoms with van der Waals surface area (Å²) in [4.78, 5) is 11.9. The molecule has 0 aliphatic carbocycles. The summed E-state index contributed by atoms with van der Waals surface area (Å²) < 4.78 is 5.18. The van der Waals surface area contributed by atoms with Crippen LogP contribution in [-0.4, -0.2) is 22.1 Å². The molecule has 0 atom stereocenters. The van der Waals surface area contributed by atoms with E-state index in [1.165, 1.54) is 0 Å². The van der Waals surface area contributed by atoms with Crippen molar-refractivity contribution >= 4 is 5.95 Å². The van der Waals surface area contributed by atoms with Crippen LogP contribution in [0.4, 0.5) is 5.95 Å². The number of anilines is 1. The normalized spacial score (nSPS) is 9.93. The third-order valence-electron chi connectivity index (χ3n) is 1.95. The predicted molar refractivity (Wildman–Crippen MR) is 56.2 cm³/mol. The fourth-order valence-electron chi connectivity index (χ4n) is 1.28. The highest BCUT2D eigenvalue weighted by molar-refractivity contribution is 5.66. The second-order valence-electron chi connectivity index (χ2n) is 2.88. The average Bonchev–Trinajstić information content (AvgIpc) is 2.29. The molecule has 0 saturated carbocycles. The van der Waals surface area contributed by atoms with Crippen LogP contribution in [-0.2, 0) is 0 Å². The van der Waals surface area contributed by atoms with E-state index in [2.05, 4.69) is 15.0 Å². The number of nitrogens with two attached hydrogens (primary N) is 1. The summed E-state index contributed by atoms with van der Waals surface area (Å²) in [6, 6.07) is 3.59. The molecule has 5 nitrogen and oxygen atoms in total. The molecular weight excluding hydrogens is 192 g/mol. The number of methoxy groups -OCH3 is 1. The summed E-state index contributed by atoms with van der Waals surface area (Å²) in [5, 5.41) is 0. The van der Waals surface area contributed by atoms with Gasteiger partial charge in [-0.25, -0.2) is 9.97 Å². The molecule has 2 N–H and O–H groups in total. The van der Waals surface area contributed by atoms with Crippen LogP contribution in [0.25, 0.3) is 11.3 Å². The van der Waals surface area contributed by atoms with Gasteiger partial charge in [-0.15, -0.1) is 0 Å². The van der Waals surface area contributed by atoms with Crippen LogP contribution >= 0.6 is 0 Å². The Kier molecular flexibility index (Phi) is 2.45. The molecule has 0 fully saturated rings. The summed E-state index contributed by atoms with van der Waals surface area (Å²) in [6.07, 6.45) is 4.92. The van der Waals surface area contributed by atoms with Gasteiger partial charge in [-0.3, -0.25) is 4.98 Å². The van der Waals surface area contributed by atoms with Crippen LogP contribution in [0.3, 0.4) is 0 Å². The second-order valence-corrected chi connectivity index (χ2v) is 2.88. The maximum absolute atomic E-state index is 5.51. The molecule has 2 aromatic rings. The van der Waals surface area contributed by atoms with Crippen molar-refractivity contribution in [2.75, 3.05) is 12.8 Å². The molecule has 0 spiro atoms. The first-order valence-electron chi connectivity index (χ1n) is 4.38. The molecule has 76 valence electrons. The Balaban J connectivity index is 2.53. The Labute approximate surface area is 87.0 Å². The first kappa shape index (κ1) is 9.39. The largest absolute Gasteiger partial charge is 0.494 e. The summed E-state index contributed by atoms with van der Waals surface area (Å²) in [5.41, 5.74) is 7.08. The molecule has 0 aliphatic rings. The van der Waals surface area contributed by atoms with Gasteiger partial charge < -0.3 is 10.5 Å². The number of hydrogen-bond acceptors (Lipinski definition) is 5. The highest BCUT2D eigenvalue weighted by atomic mass is 16.5. The minimum atomic E-state index is 0.242. The van der Waals surface area contributed by atoms with Gasteiger partial charge >= 0.3 is 0 Å². The minimum absolute atomic E-state index is 0.242. The van der Waals surface area contributed by atoms with Crippen molar-refractivity contribution in [2.24, 2.45) is 0 Å². The van der Waals surface area contributed by atoms with E-state index in [1.54, 1.807) is 31.8 Å². The summed E-state index contributed by atoms with van der Waals surface area (Å²) in [7, 11) is 1.59. The van der Waals surface area contributed by atoms with Crippen LogP contribution in [0, 0.1) is 0 Å². The molecule has 5 heteroatoms. The molecule has 0 unspecified atom stereocenters. The van der Waals surface area contributed by atoms with Crippen LogP contribution in [0.2, 0.25) is 0 Å². The van der Waals surface area contributed by atoms with Crippen LogP contribution < -0.4 is 10.5 Å². The van der Waals surface area contributed by atoms with E-state index in [4.69, 9.17) is 10.5 Å². The fraction of sp³-hybridized carbons (Fsp3) is 0.100. The maximum Gasteiger partial charge on any atom is 0.220 e. The number of ether oxygens (including phenoxy) is 1. The third-order valence-corrected chi connectivity index (χ3v) is 1.95. The fourth-order valence-corrected chi connectivity index (χ4v) is 1.28. The van der Waals surface area contributed by atoms with Crippen molar-refractivity contribution in [1.82, 2.24) is 15.0 Å². The lowest BCUT2D eigenvalue weighted by molar-refractivity contribution is 0.414. The molecule has 0 saturated heterocycles. The molecule has 2 rings (SSSR count). The quantitative estimate of drug-likeness (QED) is 0.790. The number of pyridine rings is 1. The van der Waals surface area contributed by atoms with E-state index >= 15 is 0 Å². The Bertz CT molecular complexity index is 472. The van der Waals surface area contributed by atoms with E-state index in [0.29, 0.717) is 5.75 Å². The van der Waals surface area contributed by atoms with Crippen molar-refractivity contribution in [3.05, 3.63) is 30.7 Å². The zero-order valence-corrected chi connectivity index (χ0v) is 8.21. The van der Waals surface area contributed by atoms with Crippen molar-refractivity contribution in [3.8, 4) is 17.0 Å².